The van der Waals surface area contributed by atoms with Crippen LogP contribution in [0.3, 0.4) is 0 Å². The molecule has 0 aromatic heterocycles. The molecule has 1 aromatic carbocycles. The zero-order chi connectivity index (χ0) is 15.7. The molecular weight excluding hydrogens is 282 g/mol. The molecule has 2 saturated carbocycles. The van der Waals surface area contributed by atoms with Gasteiger partial charge < -0.3 is 20.3 Å². The van der Waals surface area contributed by atoms with Gasteiger partial charge in [0.25, 0.3) is 0 Å². The number of methoxy groups -OCH3 is 1. The zero-order valence-corrected chi connectivity index (χ0v) is 12.7. The van der Waals surface area contributed by atoms with Crippen LogP contribution < -0.4 is 10.1 Å². The molecule has 2 fully saturated rings. The van der Waals surface area contributed by atoms with Gasteiger partial charge in [0.2, 0.25) is 5.91 Å². The molecule has 120 valence electrons. The lowest BCUT2D eigenvalue weighted by Crippen LogP contribution is -2.48. The van der Waals surface area contributed by atoms with Crippen molar-refractivity contribution < 1.29 is 19.7 Å². The largest absolute Gasteiger partial charge is 0.497 e. The van der Waals surface area contributed by atoms with Crippen molar-refractivity contribution >= 4 is 5.91 Å². The number of carbonyl (C=O) groups excluding carboxylic acids is 1. The van der Waals surface area contributed by atoms with E-state index in [0.717, 1.165) is 30.6 Å². The van der Waals surface area contributed by atoms with E-state index in [1.807, 2.05) is 24.3 Å². The normalized spacial score (nSPS) is 31.6. The Morgan fingerprint density at radius 2 is 1.91 bits per heavy atom. The summed E-state index contributed by atoms with van der Waals surface area (Å²) in [6.07, 6.45) is 1.66. The standard InChI is InChI=1S/C17H23NO4/c1-22-12-7-5-10(6-8-12)13-9-14(19)16(20)15(13)18-17(21)11-3-2-4-11/h5-8,11,13-16,19-20H,2-4,9H2,1H3,(H,18,21). The topological polar surface area (TPSA) is 78.8 Å². The molecule has 22 heavy (non-hydrogen) atoms. The van der Waals surface area contributed by atoms with E-state index in [-0.39, 0.29) is 17.7 Å². The Morgan fingerprint density at radius 3 is 2.45 bits per heavy atom. The number of benzene rings is 1. The van der Waals surface area contributed by atoms with Gasteiger partial charge in [0.15, 0.2) is 0 Å². The summed E-state index contributed by atoms with van der Waals surface area (Å²) in [4.78, 5) is 12.2. The second-order valence-electron chi connectivity index (χ2n) is 6.34. The molecule has 1 aromatic rings. The lowest BCUT2D eigenvalue weighted by molar-refractivity contribution is -0.129. The summed E-state index contributed by atoms with van der Waals surface area (Å²) in [5.41, 5.74) is 0.996. The van der Waals surface area contributed by atoms with Crippen LogP contribution in [0.1, 0.15) is 37.2 Å². The number of hydrogen-bond acceptors (Lipinski definition) is 4. The lowest BCUT2D eigenvalue weighted by atomic mass is 9.84. The molecule has 0 radical (unpaired) electrons. The molecule has 0 aliphatic heterocycles. The SMILES string of the molecule is COc1ccc(C2CC(O)C(O)C2NC(=O)C2CCC2)cc1. The first kappa shape index (κ1) is 15.3. The van der Waals surface area contributed by atoms with Crippen molar-refractivity contribution in [3.8, 4) is 5.75 Å². The van der Waals surface area contributed by atoms with Crippen LogP contribution in [0, 0.1) is 5.92 Å². The van der Waals surface area contributed by atoms with Crippen LogP contribution in [-0.2, 0) is 4.79 Å². The van der Waals surface area contributed by atoms with Crippen molar-refractivity contribution in [2.24, 2.45) is 5.92 Å². The fourth-order valence-corrected chi connectivity index (χ4v) is 3.36. The van der Waals surface area contributed by atoms with Gasteiger partial charge in [-0.05, 0) is 37.0 Å². The minimum atomic E-state index is -0.920. The first-order chi connectivity index (χ1) is 10.6. The van der Waals surface area contributed by atoms with Crippen molar-refractivity contribution in [3.63, 3.8) is 0 Å². The van der Waals surface area contributed by atoms with Crippen LogP contribution in [-0.4, -0.2) is 41.5 Å². The molecule has 5 heteroatoms. The molecule has 1 amide bonds. The van der Waals surface area contributed by atoms with E-state index in [4.69, 9.17) is 4.74 Å². The Bertz CT molecular complexity index is 526. The van der Waals surface area contributed by atoms with E-state index in [1.165, 1.54) is 0 Å². The maximum absolute atomic E-state index is 12.2. The van der Waals surface area contributed by atoms with Crippen LogP contribution in [0.5, 0.6) is 5.75 Å². The third-order valence-corrected chi connectivity index (χ3v) is 5.02. The highest BCUT2D eigenvalue weighted by atomic mass is 16.5. The molecule has 4 atom stereocenters. The minimum Gasteiger partial charge on any atom is -0.497 e. The van der Waals surface area contributed by atoms with Gasteiger partial charge in [-0.2, -0.15) is 0 Å². The fourth-order valence-electron chi connectivity index (χ4n) is 3.36. The Labute approximate surface area is 130 Å². The minimum absolute atomic E-state index is 0.00270. The van der Waals surface area contributed by atoms with Gasteiger partial charge in [0.1, 0.15) is 11.9 Å². The van der Waals surface area contributed by atoms with Gasteiger partial charge >= 0.3 is 0 Å². The first-order valence-corrected chi connectivity index (χ1v) is 7.90. The van der Waals surface area contributed by atoms with Crippen molar-refractivity contribution in [2.75, 3.05) is 7.11 Å². The Balaban J connectivity index is 1.76. The van der Waals surface area contributed by atoms with Crippen molar-refractivity contribution in [3.05, 3.63) is 29.8 Å². The molecule has 2 aliphatic rings. The number of carbonyl (C=O) groups is 1. The number of aliphatic hydroxyl groups is 2. The second kappa shape index (κ2) is 6.26. The van der Waals surface area contributed by atoms with E-state index < -0.39 is 18.2 Å². The summed E-state index contributed by atoms with van der Waals surface area (Å²) >= 11 is 0. The maximum Gasteiger partial charge on any atom is 0.223 e. The predicted molar refractivity (Wildman–Crippen MR) is 81.6 cm³/mol. The van der Waals surface area contributed by atoms with E-state index in [2.05, 4.69) is 5.32 Å². The molecule has 0 bridgehead atoms. The number of ether oxygens (including phenoxy) is 1. The molecule has 4 unspecified atom stereocenters. The average Bonchev–Trinajstić information content (AvgIpc) is 2.74. The molecule has 3 N–H and O–H groups in total. The summed E-state index contributed by atoms with van der Waals surface area (Å²) in [5, 5.41) is 23.2. The van der Waals surface area contributed by atoms with Crippen LogP contribution >= 0.6 is 0 Å². The van der Waals surface area contributed by atoms with E-state index >= 15 is 0 Å². The molecule has 2 aliphatic carbocycles. The van der Waals surface area contributed by atoms with Crippen LogP contribution in [0.15, 0.2) is 24.3 Å². The molecule has 0 heterocycles. The fraction of sp³-hybridized carbons (Fsp3) is 0.588. The van der Waals surface area contributed by atoms with Crippen LogP contribution in [0.4, 0.5) is 0 Å². The van der Waals surface area contributed by atoms with Crippen molar-refractivity contribution in [2.45, 2.75) is 49.9 Å². The molecular formula is C17H23NO4. The Kier molecular flexibility index (Phi) is 4.36. The van der Waals surface area contributed by atoms with Gasteiger partial charge in [-0.3, -0.25) is 4.79 Å². The first-order valence-electron chi connectivity index (χ1n) is 7.90. The highest BCUT2D eigenvalue weighted by Gasteiger charge is 2.44. The summed E-state index contributed by atoms with van der Waals surface area (Å²) < 4.78 is 5.15. The third-order valence-electron chi connectivity index (χ3n) is 5.02. The predicted octanol–water partition coefficient (Wildman–Crippen LogP) is 1.19. The zero-order valence-electron chi connectivity index (χ0n) is 12.7. The van der Waals surface area contributed by atoms with E-state index in [1.54, 1.807) is 7.11 Å². The van der Waals surface area contributed by atoms with Gasteiger partial charge in [-0.25, -0.2) is 0 Å². The van der Waals surface area contributed by atoms with Crippen LogP contribution in [0.25, 0.3) is 0 Å². The van der Waals surface area contributed by atoms with Gasteiger partial charge in [-0.1, -0.05) is 18.6 Å². The Morgan fingerprint density at radius 1 is 1.23 bits per heavy atom. The van der Waals surface area contributed by atoms with E-state index in [9.17, 15) is 15.0 Å². The lowest BCUT2D eigenvalue weighted by Gasteiger charge is -2.29. The summed E-state index contributed by atoms with van der Waals surface area (Å²) in [5.74, 6) is 0.752. The number of rotatable bonds is 4. The maximum atomic E-state index is 12.2. The smallest absolute Gasteiger partial charge is 0.223 e. The summed E-state index contributed by atoms with van der Waals surface area (Å²) in [6.45, 7) is 0. The van der Waals surface area contributed by atoms with E-state index in [0.29, 0.717) is 6.42 Å². The molecule has 3 rings (SSSR count). The monoisotopic (exact) mass is 305 g/mol. The summed E-state index contributed by atoms with van der Waals surface area (Å²) in [7, 11) is 1.61. The van der Waals surface area contributed by atoms with Gasteiger partial charge in [0, 0.05) is 11.8 Å². The third kappa shape index (κ3) is 2.83. The number of hydrogen-bond donors (Lipinski definition) is 3. The molecule has 5 nitrogen and oxygen atoms in total. The Hall–Kier alpha value is -1.59. The number of amides is 1. The van der Waals surface area contributed by atoms with Crippen LogP contribution in [0.2, 0.25) is 0 Å². The number of aliphatic hydroxyl groups excluding tert-OH is 2. The number of nitrogens with one attached hydrogen (secondary N) is 1. The highest BCUT2D eigenvalue weighted by Crippen LogP contribution is 2.37. The second-order valence-corrected chi connectivity index (χ2v) is 6.34. The average molecular weight is 305 g/mol. The van der Waals surface area contributed by atoms with Crippen molar-refractivity contribution in [1.29, 1.82) is 0 Å². The molecule has 0 spiro atoms. The van der Waals surface area contributed by atoms with Crippen molar-refractivity contribution in [1.82, 2.24) is 5.32 Å². The van der Waals surface area contributed by atoms with Gasteiger partial charge in [-0.15, -0.1) is 0 Å². The van der Waals surface area contributed by atoms with Gasteiger partial charge in [0.05, 0.1) is 19.3 Å². The highest BCUT2D eigenvalue weighted by molar-refractivity contribution is 5.80. The molecule has 0 saturated heterocycles. The quantitative estimate of drug-likeness (QED) is 0.781. The summed E-state index contributed by atoms with van der Waals surface area (Å²) in [6, 6.07) is 7.14.